The van der Waals surface area contributed by atoms with Crippen molar-refractivity contribution >= 4 is 0 Å². The Hall–Kier alpha value is -0.960. The molecule has 2 unspecified atom stereocenters. The first-order valence-corrected chi connectivity index (χ1v) is 6.57. The summed E-state index contributed by atoms with van der Waals surface area (Å²) in [7, 11) is 0. The number of halogens is 2. The Bertz CT molecular complexity index is 446. The average Bonchev–Trinajstić information content (AvgIpc) is 2.21. The van der Waals surface area contributed by atoms with E-state index in [1.54, 1.807) is 6.92 Å². The lowest BCUT2D eigenvalue weighted by Gasteiger charge is -2.41. The van der Waals surface area contributed by atoms with Gasteiger partial charge in [0.05, 0.1) is 0 Å². The molecule has 1 fully saturated rings. The Morgan fingerprint density at radius 3 is 2.28 bits per heavy atom. The lowest BCUT2D eigenvalue weighted by Crippen LogP contribution is -2.45. The van der Waals surface area contributed by atoms with E-state index in [1.807, 2.05) is 0 Å². The van der Waals surface area contributed by atoms with Crippen molar-refractivity contribution in [2.75, 3.05) is 0 Å². The summed E-state index contributed by atoms with van der Waals surface area (Å²) in [6, 6.07) is 2.79. The monoisotopic (exact) mass is 253 g/mol. The van der Waals surface area contributed by atoms with Crippen LogP contribution < -0.4 is 5.73 Å². The van der Waals surface area contributed by atoms with Crippen molar-refractivity contribution in [1.82, 2.24) is 0 Å². The smallest absolute Gasteiger partial charge is 0.134 e. The molecule has 1 nitrogen and oxygen atoms in total. The predicted molar refractivity (Wildman–Crippen MR) is 69.1 cm³/mol. The van der Waals surface area contributed by atoms with E-state index in [2.05, 4.69) is 13.8 Å². The minimum absolute atomic E-state index is 0.0842. The van der Waals surface area contributed by atoms with Crippen LogP contribution in [0.15, 0.2) is 12.1 Å². The van der Waals surface area contributed by atoms with Gasteiger partial charge in [0.25, 0.3) is 0 Å². The lowest BCUT2D eigenvalue weighted by atomic mass is 9.68. The van der Waals surface area contributed by atoms with Gasteiger partial charge >= 0.3 is 0 Å². The van der Waals surface area contributed by atoms with Gasteiger partial charge in [0.2, 0.25) is 0 Å². The maximum atomic E-state index is 14.2. The molecule has 0 heterocycles. The molecular formula is C15H21F2N. The summed E-state index contributed by atoms with van der Waals surface area (Å²) in [6.07, 6.45) is 2.37. The molecule has 0 saturated heterocycles. The largest absolute Gasteiger partial charge is 0.321 e. The summed E-state index contributed by atoms with van der Waals surface area (Å²) in [5, 5.41) is 0. The molecule has 0 aliphatic heterocycles. The zero-order chi connectivity index (χ0) is 13.5. The molecule has 0 amide bonds. The highest BCUT2D eigenvalue weighted by atomic mass is 19.1. The summed E-state index contributed by atoms with van der Waals surface area (Å²) in [5.41, 5.74) is 6.03. The van der Waals surface area contributed by atoms with E-state index in [0.717, 1.165) is 6.42 Å². The van der Waals surface area contributed by atoms with Crippen LogP contribution in [0.3, 0.4) is 0 Å². The van der Waals surface area contributed by atoms with Crippen LogP contribution in [-0.2, 0) is 5.54 Å². The molecule has 0 spiro atoms. The zero-order valence-corrected chi connectivity index (χ0v) is 11.3. The second kappa shape index (κ2) is 4.61. The van der Waals surface area contributed by atoms with Gasteiger partial charge < -0.3 is 5.73 Å². The van der Waals surface area contributed by atoms with Crippen molar-refractivity contribution < 1.29 is 8.78 Å². The van der Waals surface area contributed by atoms with E-state index >= 15 is 0 Å². The molecule has 2 N–H and O–H groups in total. The fraction of sp³-hybridized carbons (Fsp3) is 0.600. The molecule has 0 radical (unpaired) electrons. The van der Waals surface area contributed by atoms with E-state index in [1.165, 1.54) is 12.1 Å². The first-order chi connectivity index (χ1) is 8.33. The number of hydrogen-bond acceptors (Lipinski definition) is 1. The van der Waals surface area contributed by atoms with Gasteiger partial charge in [-0.2, -0.15) is 0 Å². The zero-order valence-electron chi connectivity index (χ0n) is 11.3. The molecule has 1 aliphatic rings. The summed E-state index contributed by atoms with van der Waals surface area (Å²) in [4.78, 5) is 0. The Balaban J connectivity index is 2.50. The molecule has 100 valence electrons. The molecule has 1 aromatic carbocycles. The molecule has 18 heavy (non-hydrogen) atoms. The standard InChI is InChI=1S/C15H21F2N/c1-9-6-10(2)8-15(18,7-9)13-12(16)5-4-11(3)14(13)17/h4-5,9-10H,6-8,18H2,1-3H3. The SMILES string of the molecule is Cc1ccc(F)c(C2(N)CC(C)CC(C)C2)c1F. The molecule has 1 saturated carbocycles. The summed E-state index contributed by atoms with van der Waals surface area (Å²) in [5.74, 6) is -0.183. The summed E-state index contributed by atoms with van der Waals surface area (Å²) >= 11 is 0. The van der Waals surface area contributed by atoms with E-state index in [9.17, 15) is 8.78 Å². The van der Waals surface area contributed by atoms with Gasteiger partial charge in [0, 0.05) is 11.1 Å². The van der Waals surface area contributed by atoms with Gasteiger partial charge in [-0.3, -0.25) is 0 Å². The second-order valence-electron chi connectivity index (χ2n) is 6.06. The maximum Gasteiger partial charge on any atom is 0.134 e. The topological polar surface area (TPSA) is 26.0 Å². The Labute approximate surface area is 107 Å². The van der Waals surface area contributed by atoms with Gasteiger partial charge in [-0.25, -0.2) is 8.78 Å². The fourth-order valence-corrected chi connectivity index (χ4v) is 3.50. The van der Waals surface area contributed by atoms with Crippen molar-refractivity contribution in [3.05, 3.63) is 34.9 Å². The van der Waals surface area contributed by atoms with E-state index in [0.29, 0.717) is 30.2 Å². The Kier molecular flexibility index (Phi) is 3.45. The van der Waals surface area contributed by atoms with Crippen molar-refractivity contribution in [3.63, 3.8) is 0 Å². The van der Waals surface area contributed by atoms with Crippen molar-refractivity contribution in [3.8, 4) is 0 Å². The van der Waals surface area contributed by atoms with Crippen molar-refractivity contribution in [1.29, 1.82) is 0 Å². The number of benzene rings is 1. The normalized spacial score (nSPS) is 32.6. The van der Waals surface area contributed by atoms with E-state index in [-0.39, 0.29) is 5.56 Å². The lowest BCUT2D eigenvalue weighted by molar-refractivity contribution is 0.175. The van der Waals surface area contributed by atoms with Crippen LogP contribution in [0, 0.1) is 30.4 Å². The third-order valence-corrected chi connectivity index (χ3v) is 4.01. The predicted octanol–water partition coefficient (Wildman–Crippen LogP) is 3.88. The Morgan fingerprint density at radius 2 is 1.72 bits per heavy atom. The van der Waals surface area contributed by atoms with Crippen LogP contribution in [0.1, 0.15) is 44.2 Å². The number of nitrogens with two attached hydrogens (primary N) is 1. The van der Waals surface area contributed by atoms with Gasteiger partial charge in [0.15, 0.2) is 0 Å². The van der Waals surface area contributed by atoms with Crippen LogP contribution >= 0.6 is 0 Å². The highest BCUT2D eigenvalue weighted by Crippen LogP contribution is 2.42. The van der Waals surface area contributed by atoms with E-state index < -0.39 is 17.2 Å². The number of aryl methyl sites for hydroxylation is 1. The van der Waals surface area contributed by atoms with Crippen LogP contribution in [0.25, 0.3) is 0 Å². The van der Waals surface area contributed by atoms with E-state index in [4.69, 9.17) is 5.73 Å². The second-order valence-corrected chi connectivity index (χ2v) is 6.06. The van der Waals surface area contributed by atoms with Gasteiger partial charge in [-0.1, -0.05) is 19.9 Å². The maximum absolute atomic E-state index is 14.2. The fourth-order valence-electron chi connectivity index (χ4n) is 3.50. The highest BCUT2D eigenvalue weighted by molar-refractivity contribution is 5.33. The van der Waals surface area contributed by atoms with Crippen molar-refractivity contribution in [2.45, 2.75) is 45.6 Å². The molecule has 2 atom stereocenters. The molecule has 0 bridgehead atoms. The highest BCUT2D eigenvalue weighted by Gasteiger charge is 2.39. The van der Waals surface area contributed by atoms with Gasteiger partial charge in [-0.05, 0) is 49.7 Å². The minimum Gasteiger partial charge on any atom is -0.321 e. The average molecular weight is 253 g/mol. The molecule has 0 aromatic heterocycles. The van der Waals surface area contributed by atoms with Crippen molar-refractivity contribution in [2.24, 2.45) is 17.6 Å². The minimum atomic E-state index is -0.864. The summed E-state index contributed by atoms with van der Waals surface area (Å²) in [6.45, 7) is 5.85. The van der Waals surface area contributed by atoms with Gasteiger partial charge in [0.1, 0.15) is 11.6 Å². The molecular weight excluding hydrogens is 232 g/mol. The molecule has 1 aromatic rings. The quantitative estimate of drug-likeness (QED) is 0.807. The number of rotatable bonds is 1. The third-order valence-electron chi connectivity index (χ3n) is 4.01. The molecule has 3 heteroatoms. The molecule has 2 rings (SSSR count). The molecule has 1 aliphatic carbocycles. The first-order valence-electron chi connectivity index (χ1n) is 6.57. The third kappa shape index (κ3) is 2.28. The summed E-state index contributed by atoms with van der Waals surface area (Å²) < 4.78 is 28.2. The first kappa shape index (κ1) is 13.5. The van der Waals surface area contributed by atoms with Crippen LogP contribution in [0.2, 0.25) is 0 Å². The Morgan fingerprint density at radius 1 is 1.17 bits per heavy atom. The number of hydrogen-bond donors (Lipinski definition) is 1. The van der Waals surface area contributed by atoms with Crippen LogP contribution in [-0.4, -0.2) is 0 Å². The van der Waals surface area contributed by atoms with Gasteiger partial charge in [-0.15, -0.1) is 0 Å². The van der Waals surface area contributed by atoms with Crippen LogP contribution in [0.5, 0.6) is 0 Å². The van der Waals surface area contributed by atoms with Crippen LogP contribution in [0.4, 0.5) is 8.78 Å².